The van der Waals surface area contributed by atoms with Gasteiger partial charge in [-0.1, -0.05) is 38.1 Å². The molecule has 1 heterocycles. The first kappa shape index (κ1) is 28.7. The summed E-state index contributed by atoms with van der Waals surface area (Å²) in [4.78, 5) is 33.8. The first-order valence-electron chi connectivity index (χ1n) is 13.4. The zero-order valence-electron chi connectivity index (χ0n) is 23.4. The minimum Gasteiger partial charge on any atom is -0.493 e. The molecular weight excluding hydrogens is 509 g/mol. The van der Waals surface area contributed by atoms with E-state index in [4.69, 9.17) is 9.47 Å². The molecule has 2 amide bonds. The van der Waals surface area contributed by atoms with E-state index >= 15 is 0 Å². The number of carbonyl (C=O) groups excluding carboxylic acids is 2. The molecule has 0 aliphatic rings. The number of aromatic nitrogens is 1. The summed E-state index contributed by atoms with van der Waals surface area (Å²) >= 11 is 0. The largest absolute Gasteiger partial charge is 0.493 e. The number of amides is 2. The molecule has 8 heteroatoms. The van der Waals surface area contributed by atoms with Gasteiger partial charge in [-0.3, -0.25) is 9.59 Å². The molecule has 0 saturated heterocycles. The Morgan fingerprint density at radius 1 is 0.925 bits per heavy atom. The Labute approximate surface area is 234 Å². The lowest BCUT2D eigenvalue weighted by molar-refractivity contribution is -0.132. The highest BCUT2D eigenvalue weighted by Crippen LogP contribution is 2.28. The fourth-order valence-corrected chi connectivity index (χ4v) is 4.78. The Kier molecular flexibility index (Phi) is 9.43. The van der Waals surface area contributed by atoms with Crippen LogP contribution in [0.15, 0.2) is 72.9 Å². The molecule has 1 N–H and O–H groups in total. The molecule has 0 aliphatic heterocycles. The summed E-state index contributed by atoms with van der Waals surface area (Å²) in [5, 5.41) is 1.12. The third kappa shape index (κ3) is 7.00. The van der Waals surface area contributed by atoms with Crippen LogP contribution in [-0.4, -0.2) is 60.5 Å². The predicted molar refractivity (Wildman–Crippen MR) is 154 cm³/mol. The number of H-pyrrole nitrogens is 1. The van der Waals surface area contributed by atoms with E-state index in [0.717, 1.165) is 22.0 Å². The van der Waals surface area contributed by atoms with Crippen LogP contribution in [0.4, 0.5) is 4.39 Å². The van der Waals surface area contributed by atoms with Crippen molar-refractivity contribution >= 4 is 22.7 Å². The molecule has 0 bridgehead atoms. The van der Waals surface area contributed by atoms with E-state index in [-0.39, 0.29) is 24.3 Å². The number of halogens is 1. The minimum atomic E-state index is -0.415. The van der Waals surface area contributed by atoms with E-state index in [2.05, 4.69) is 11.1 Å². The highest BCUT2D eigenvalue weighted by Gasteiger charge is 2.24. The van der Waals surface area contributed by atoms with E-state index in [1.807, 2.05) is 56.4 Å². The number of ether oxygens (including phenoxy) is 2. The molecule has 3 aromatic carbocycles. The Bertz CT molecular complexity index is 1450. The molecule has 4 aromatic rings. The maximum absolute atomic E-state index is 13.8. The third-order valence-electron chi connectivity index (χ3n) is 6.79. The van der Waals surface area contributed by atoms with E-state index in [1.54, 1.807) is 24.0 Å². The van der Waals surface area contributed by atoms with Gasteiger partial charge >= 0.3 is 0 Å². The average molecular weight is 546 g/mol. The zero-order valence-corrected chi connectivity index (χ0v) is 23.4. The van der Waals surface area contributed by atoms with Crippen molar-refractivity contribution < 1.29 is 23.5 Å². The molecular formula is C32H36FN3O4. The molecule has 0 saturated carbocycles. The lowest BCUT2D eigenvalue weighted by Gasteiger charge is -2.29. The van der Waals surface area contributed by atoms with Gasteiger partial charge in [0.15, 0.2) is 11.5 Å². The maximum atomic E-state index is 13.8. The fraction of sp³-hybridized carbons (Fsp3) is 0.312. The topological polar surface area (TPSA) is 74.9 Å². The summed E-state index contributed by atoms with van der Waals surface area (Å²) in [6, 6.07) is 19.1. The third-order valence-corrected chi connectivity index (χ3v) is 6.79. The molecule has 4 rings (SSSR count). The van der Waals surface area contributed by atoms with Gasteiger partial charge < -0.3 is 24.3 Å². The fourth-order valence-electron chi connectivity index (χ4n) is 4.78. The molecule has 0 fully saturated rings. The van der Waals surface area contributed by atoms with Crippen molar-refractivity contribution in [3.63, 3.8) is 0 Å². The number of nitrogens with zero attached hydrogens (tertiary/aromatic N) is 2. The van der Waals surface area contributed by atoms with Crippen molar-refractivity contribution in [1.82, 2.24) is 14.8 Å². The highest BCUT2D eigenvalue weighted by molar-refractivity contribution is 5.96. The number of hydrogen-bond donors (Lipinski definition) is 1. The van der Waals surface area contributed by atoms with Crippen molar-refractivity contribution in [2.75, 3.05) is 33.9 Å². The summed E-state index contributed by atoms with van der Waals surface area (Å²) in [6.45, 7) is 5.09. The van der Waals surface area contributed by atoms with Gasteiger partial charge in [0.1, 0.15) is 12.4 Å². The predicted octanol–water partition coefficient (Wildman–Crippen LogP) is 5.69. The molecule has 0 atom stereocenters. The van der Waals surface area contributed by atoms with Crippen LogP contribution in [-0.2, 0) is 17.8 Å². The van der Waals surface area contributed by atoms with Crippen LogP contribution < -0.4 is 9.47 Å². The number of benzene rings is 3. The average Bonchev–Trinajstić information content (AvgIpc) is 3.37. The van der Waals surface area contributed by atoms with Gasteiger partial charge in [0.05, 0.1) is 14.2 Å². The Hall–Kier alpha value is -4.33. The van der Waals surface area contributed by atoms with Crippen LogP contribution >= 0.6 is 0 Å². The number of nitrogens with one attached hydrogen (secondary N) is 1. The summed E-state index contributed by atoms with van der Waals surface area (Å²) in [5.41, 5.74) is 3.38. The quantitative estimate of drug-likeness (QED) is 0.248. The molecule has 0 radical (unpaired) electrons. The smallest absolute Gasteiger partial charge is 0.254 e. The van der Waals surface area contributed by atoms with Crippen LogP contribution in [0.2, 0.25) is 0 Å². The second kappa shape index (κ2) is 13.2. The van der Waals surface area contributed by atoms with Crippen molar-refractivity contribution in [2.45, 2.75) is 26.8 Å². The van der Waals surface area contributed by atoms with Gasteiger partial charge in [0.25, 0.3) is 5.91 Å². The highest BCUT2D eigenvalue weighted by atomic mass is 19.1. The molecule has 0 spiro atoms. The second-order valence-corrected chi connectivity index (χ2v) is 10.2. The van der Waals surface area contributed by atoms with E-state index in [1.165, 1.54) is 24.3 Å². The number of rotatable bonds is 12. The number of aromatic amines is 1. The van der Waals surface area contributed by atoms with Crippen LogP contribution in [0.1, 0.15) is 35.3 Å². The van der Waals surface area contributed by atoms with Crippen molar-refractivity contribution in [2.24, 2.45) is 5.92 Å². The zero-order chi connectivity index (χ0) is 28.6. The molecule has 7 nitrogen and oxygen atoms in total. The van der Waals surface area contributed by atoms with Crippen molar-refractivity contribution in [3.8, 4) is 11.5 Å². The summed E-state index contributed by atoms with van der Waals surface area (Å²) < 4.78 is 24.3. The van der Waals surface area contributed by atoms with Gasteiger partial charge in [-0.15, -0.1) is 0 Å². The standard InChI is InChI=1S/C32H36FN3O4/c1-22(2)19-36(32(38)24-10-12-26(33)13-11-24)21-31(37)35(20-23-9-14-29(39-3)30(17-23)40-4)16-15-25-18-34-28-8-6-5-7-27(25)28/h5-14,17-18,22,34H,15-16,19-21H2,1-4H3. The lowest BCUT2D eigenvalue weighted by Crippen LogP contribution is -2.44. The van der Waals surface area contributed by atoms with Crippen molar-refractivity contribution in [3.05, 3.63) is 95.4 Å². The van der Waals surface area contributed by atoms with E-state index in [0.29, 0.717) is 43.1 Å². The Morgan fingerprint density at radius 3 is 2.35 bits per heavy atom. The maximum Gasteiger partial charge on any atom is 0.254 e. The monoisotopic (exact) mass is 545 g/mol. The van der Waals surface area contributed by atoms with Crippen LogP contribution in [0.3, 0.4) is 0 Å². The number of hydrogen-bond acceptors (Lipinski definition) is 4. The van der Waals surface area contributed by atoms with Gasteiger partial charge in [-0.25, -0.2) is 4.39 Å². The second-order valence-electron chi connectivity index (χ2n) is 10.2. The number of fused-ring (bicyclic) bond motifs is 1. The van der Waals surface area contributed by atoms with E-state index < -0.39 is 5.82 Å². The number of methoxy groups -OCH3 is 2. The van der Waals surface area contributed by atoms with Crippen LogP contribution in [0, 0.1) is 11.7 Å². The van der Waals surface area contributed by atoms with Gasteiger partial charge in [-0.2, -0.15) is 0 Å². The first-order chi connectivity index (χ1) is 19.3. The minimum absolute atomic E-state index is 0.0877. The summed E-state index contributed by atoms with van der Waals surface area (Å²) in [5.74, 6) is 0.437. The molecule has 210 valence electrons. The molecule has 0 unspecified atom stereocenters. The molecule has 0 aliphatic carbocycles. The van der Waals surface area contributed by atoms with Crippen LogP contribution in [0.5, 0.6) is 11.5 Å². The number of para-hydroxylation sites is 1. The Morgan fingerprint density at radius 2 is 1.65 bits per heavy atom. The van der Waals surface area contributed by atoms with Gasteiger partial charge in [-0.05, 0) is 65.9 Å². The first-order valence-corrected chi connectivity index (χ1v) is 13.4. The SMILES string of the molecule is COc1ccc(CN(CCc2c[nH]c3ccccc23)C(=O)CN(CC(C)C)C(=O)c2ccc(F)cc2)cc1OC. The normalized spacial score (nSPS) is 11.1. The van der Waals surface area contributed by atoms with Crippen LogP contribution in [0.25, 0.3) is 10.9 Å². The lowest BCUT2D eigenvalue weighted by atomic mass is 10.1. The summed E-state index contributed by atoms with van der Waals surface area (Å²) in [7, 11) is 3.16. The molecule has 1 aromatic heterocycles. The Balaban J connectivity index is 1.59. The summed E-state index contributed by atoms with van der Waals surface area (Å²) in [6.07, 6.45) is 2.62. The molecule has 40 heavy (non-hydrogen) atoms. The van der Waals surface area contributed by atoms with Gasteiger partial charge in [0, 0.05) is 42.3 Å². The van der Waals surface area contributed by atoms with E-state index in [9.17, 15) is 14.0 Å². The van der Waals surface area contributed by atoms with Crippen molar-refractivity contribution in [1.29, 1.82) is 0 Å². The van der Waals surface area contributed by atoms with Gasteiger partial charge in [0.2, 0.25) is 5.91 Å². The number of carbonyl (C=O) groups is 2.